The zero-order chi connectivity index (χ0) is 32.2. The van der Waals surface area contributed by atoms with Crippen LogP contribution < -0.4 is 11.3 Å². The summed E-state index contributed by atoms with van der Waals surface area (Å²) in [6, 6.07) is 8.08. The van der Waals surface area contributed by atoms with Crippen LogP contribution in [0.1, 0.15) is 103 Å². The third-order valence-electron chi connectivity index (χ3n) is 6.89. The fourth-order valence-corrected chi connectivity index (χ4v) is 3.78. The number of hydrogen-bond donors (Lipinski definition) is 2. The van der Waals surface area contributed by atoms with E-state index >= 15 is 0 Å². The Kier molecular flexibility index (Phi) is 20.4. The van der Waals surface area contributed by atoms with E-state index in [1.54, 1.807) is 32.4 Å². The van der Waals surface area contributed by atoms with Gasteiger partial charge in [-0.1, -0.05) is 39.8 Å². The molecule has 0 spiro atoms. The number of aliphatic imine (C=N–C) groups is 1. The van der Waals surface area contributed by atoms with Crippen LogP contribution in [0.25, 0.3) is 0 Å². The van der Waals surface area contributed by atoms with Crippen molar-refractivity contribution in [3.8, 4) is 0 Å². The molecule has 3 rings (SSSR count). The molecule has 8 nitrogen and oxygen atoms in total. The van der Waals surface area contributed by atoms with Gasteiger partial charge in [0, 0.05) is 37.5 Å². The first-order valence-electron chi connectivity index (χ1n) is 15.3. The highest BCUT2D eigenvalue weighted by atomic mass is 16.5. The average molecular weight is 588 g/mol. The van der Waals surface area contributed by atoms with Crippen molar-refractivity contribution in [3.63, 3.8) is 0 Å². The molecule has 1 saturated heterocycles. The lowest BCUT2D eigenvalue weighted by atomic mass is 9.96. The standard InChI is InChI=1S/C20H27N3O.C6H12O.C4H8O2.C4H10O/c1-6-13(2)19(17-9-15(4)20(24)23(5)12-17)22-18-10-16(11-21)8-7-14(18)3;1-2-6-4-3-5-7-6;1-4(2)6-3-5;1-3-4(2)5/h7-10,12-13H,6,11,21H2,1-5H3;6H,2-5H2,1H3;3-4H,1-2H3;4-5H,3H2,1-2H3/t;6-;;4-/m.1.1/s1. The molecule has 0 amide bonds. The number of hydrogen-bond acceptors (Lipinski definition) is 7. The fourth-order valence-electron chi connectivity index (χ4n) is 3.78. The third kappa shape index (κ3) is 15.4. The number of nitrogens with zero attached hydrogens (tertiary/aromatic N) is 2. The summed E-state index contributed by atoms with van der Waals surface area (Å²) in [6.07, 6.45) is 7.99. The van der Waals surface area contributed by atoms with Gasteiger partial charge in [0.1, 0.15) is 0 Å². The van der Waals surface area contributed by atoms with Crippen LogP contribution in [0.2, 0.25) is 0 Å². The molecule has 0 saturated carbocycles. The number of carbonyl (C=O) groups excluding carboxylic acids is 1. The Hall–Kier alpha value is -2.81. The molecule has 8 heteroatoms. The quantitative estimate of drug-likeness (QED) is 0.254. The molecule has 2 heterocycles. The Bertz CT molecular complexity index is 1090. The predicted molar refractivity (Wildman–Crippen MR) is 175 cm³/mol. The number of pyridine rings is 1. The summed E-state index contributed by atoms with van der Waals surface area (Å²) in [5.41, 5.74) is 11.7. The lowest BCUT2D eigenvalue weighted by molar-refractivity contribution is -0.131. The number of aliphatic hydroxyl groups excluding tert-OH is 1. The van der Waals surface area contributed by atoms with Crippen LogP contribution in [0.3, 0.4) is 0 Å². The van der Waals surface area contributed by atoms with Gasteiger partial charge < -0.3 is 24.9 Å². The molecule has 1 fully saturated rings. The molecule has 238 valence electrons. The first-order chi connectivity index (χ1) is 19.8. The van der Waals surface area contributed by atoms with Crippen molar-refractivity contribution in [2.45, 2.75) is 119 Å². The number of nitrogens with two attached hydrogens (primary N) is 1. The Morgan fingerprint density at radius 2 is 1.79 bits per heavy atom. The molecule has 3 N–H and O–H groups in total. The second-order valence-electron chi connectivity index (χ2n) is 11.0. The molecule has 1 aliphatic heterocycles. The van der Waals surface area contributed by atoms with Crippen LogP contribution in [0.4, 0.5) is 5.69 Å². The van der Waals surface area contributed by atoms with Crippen LogP contribution in [-0.4, -0.2) is 46.8 Å². The van der Waals surface area contributed by atoms with Crippen molar-refractivity contribution < 1.29 is 19.4 Å². The van der Waals surface area contributed by atoms with E-state index in [9.17, 15) is 9.59 Å². The highest BCUT2D eigenvalue weighted by Gasteiger charge is 2.15. The van der Waals surface area contributed by atoms with Gasteiger partial charge in [0.2, 0.25) is 0 Å². The molecule has 1 aliphatic rings. The monoisotopic (exact) mass is 587 g/mol. The van der Waals surface area contributed by atoms with Crippen LogP contribution in [0, 0.1) is 19.8 Å². The van der Waals surface area contributed by atoms with Gasteiger partial charge in [-0.2, -0.15) is 0 Å². The van der Waals surface area contributed by atoms with E-state index in [2.05, 4.69) is 38.5 Å². The molecule has 0 radical (unpaired) electrons. The van der Waals surface area contributed by atoms with E-state index in [1.807, 2.05) is 38.2 Å². The highest BCUT2D eigenvalue weighted by molar-refractivity contribution is 6.03. The zero-order valence-corrected chi connectivity index (χ0v) is 27.8. The van der Waals surface area contributed by atoms with Crippen LogP contribution >= 0.6 is 0 Å². The van der Waals surface area contributed by atoms with E-state index in [0.29, 0.717) is 25.0 Å². The smallest absolute Gasteiger partial charge is 0.293 e. The van der Waals surface area contributed by atoms with Crippen molar-refractivity contribution in [1.82, 2.24) is 4.57 Å². The molecule has 42 heavy (non-hydrogen) atoms. The number of aromatic nitrogens is 1. The maximum atomic E-state index is 12.0. The molecule has 2 aromatic rings. The van der Waals surface area contributed by atoms with E-state index < -0.39 is 0 Å². The third-order valence-corrected chi connectivity index (χ3v) is 6.89. The number of aliphatic hydroxyl groups is 1. The fraction of sp³-hybridized carbons (Fsp3) is 0.618. The Balaban J connectivity index is 0.000000753. The number of ether oxygens (including phenoxy) is 2. The summed E-state index contributed by atoms with van der Waals surface area (Å²) in [5, 5.41) is 8.36. The summed E-state index contributed by atoms with van der Waals surface area (Å²) >= 11 is 0. The van der Waals surface area contributed by atoms with Crippen LogP contribution in [0.15, 0.2) is 40.2 Å². The molecule has 1 aromatic heterocycles. The van der Waals surface area contributed by atoms with Crippen LogP contribution in [-0.2, 0) is 27.9 Å². The predicted octanol–water partition coefficient (Wildman–Crippen LogP) is 6.55. The normalized spacial score (nSPS) is 15.7. The number of carbonyl (C=O) groups is 1. The summed E-state index contributed by atoms with van der Waals surface area (Å²) in [6.45, 7) is 19.7. The topological polar surface area (TPSA) is 116 Å². The van der Waals surface area contributed by atoms with Crippen molar-refractivity contribution >= 4 is 17.9 Å². The Morgan fingerprint density at radius 3 is 2.17 bits per heavy atom. The summed E-state index contributed by atoms with van der Waals surface area (Å²) in [4.78, 5) is 26.3. The van der Waals surface area contributed by atoms with Gasteiger partial charge in [0.25, 0.3) is 12.0 Å². The summed E-state index contributed by atoms with van der Waals surface area (Å²) in [7, 11) is 1.79. The van der Waals surface area contributed by atoms with Gasteiger partial charge in [0.15, 0.2) is 0 Å². The molecular formula is C34H57N3O5. The van der Waals surface area contributed by atoms with E-state index in [-0.39, 0.29) is 17.8 Å². The lowest BCUT2D eigenvalue weighted by Gasteiger charge is -2.16. The number of benzene rings is 1. The minimum absolute atomic E-state index is 0.0301. The first kappa shape index (κ1) is 39.2. The summed E-state index contributed by atoms with van der Waals surface area (Å²) < 4.78 is 11.3. The van der Waals surface area contributed by atoms with E-state index in [4.69, 9.17) is 20.6 Å². The second kappa shape index (κ2) is 21.8. The van der Waals surface area contributed by atoms with E-state index in [0.717, 1.165) is 53.1 Å². The maximum Gasteiger partial charge on any atom is 0.293 e. The zero-order valence-electron chi connectivity index (χ0n) is 27.8. The molecule has 1 unspecified atom stereocenters. The Morgan fingerprint density at radius 1 is 1.14 bits per heavy atom. The SMILES string of the molecule is CC(C)OC=O.CCC(C)C(=Nc1cc(CN)ccc1C)c1cc(C)c(=O)n(C)c1.CC[C@@H](C)O.CC[C@@H]1CCCO1. The largest absolute Gasteiger partial charge is 0.465 e. The van der Waals surface area contributed by atoms with Crippen LogP contribution in [0.5, 0.6) is 0 Å². The van der Waals surface area contributed by atoms with Gasteiger partial charge >= 0.3 is 0 Å². The summed E-state index contributed by atoms with van der Waals surface area (Å²) in [5.74, 6) is 0.294. The first-order valence-corrected chi connectivity index (χ1v) is 15.3. The second-order valence-corrected chi connectivity index (χ2v) is 11.0. The van der Waals surface area contributed by atoms with Gasteiger partial charge in [-0.25, -0.2) is 0 Å². The molecular weight excluding hydrogens is 530 g/mol. The number of rotatable bonds is 9. The van der Waals surface area contributed by atoms with Gasteiger partial charge in [0.05, 0.1) is 29.7 Å². The minimum atomic E-state index is -0.116. The van der Waals surface area contributed by atoms with Crippen molar-refractivity contribution in [1.29, 1.82) is 0 Å². The van der Waals surface area contributed by atoms with Gasteiger partial charge in [-0.05, 0) is 95.9 Å². The van der Waals surface area contributed by atoms with Crippen molar-refractivity contribution in [3.05, 3.63) is 63.1 Å². The highest BCUT2D eigenvalue weighted by Crippen LogP contribution is 2.24. The molecule has 1 aromatic carbocycles. The average Bonchev–Trinajstić information content (AvgIpc) is 3.50. The van der Waals surface area contributed by atoms with Crippen molar-refractivity contribution in [2.24, 2.45) is 23.7 Å². The minimum Gasteiger partial charge on any atom is -0.465 e. The van der Waals surface area contributed by atoms with Crippen molar-refractivity contribution in [2.75, 3.05) is 6.61 Å². The van der Waals surface area contributed by atoms with Gasteiger partial charge in [-0.3, -0.25) is 14.6 Å². The molecule has 3 atom stereocenters. The van der Waals surface area contributed by atoms with Gasteiger partial charge in [-0.15, -0.1) is 0 Å². The number of aryl methyl sites for hydroxylation is 3. The Labute approximate surface area is 254 Å². The van der Waals surface area contributed by atoms with E-state index in [1.165, 1.54) is 19.3 Å². The maximum absolute atomic E-state index is 12.0. The molecule has 0 aliphatic carbocycles. The molecule has 0 bridgehead atoms. The lowest BCUT2D eigenvalue weighted by Crippen LogP contribution is -2.22.